The third-order valence-corrected chi connectivity index (χ3v) is 6.28. The average Bonchev–Trinajstić information content (AvgIpc) is 2.80. The van der Waals surface area contributed by atoms with E-state index in [0.717, 1.165) is 18.5 Å². The first kappa shape index (κ1) is 18.8. The van der Waals surface area contributed by atoms with Gasteiger partial charge in [-0.2, -0.15) is 0 Å². The van der Waals surface area contributed by atoms with E-state index in [1.165, 1.54) is 51.9 Å². The van der Waals surface area contributed by atoms with Gasteiger partial charge in [-0.3, -0.25) is 4.98 Å². The Morgan fingerprint density at radius 3 is 2.23 bits per heavy atom. The highest BCUT2D eigenvalue weighted by molar-refractivity contribution is 5.75. The minimum absolute atomic E-state index is 0.476. The maximum Gasteiger partial charge on any atom is 0.0711 e. The molecule has 1 atom stereocenters. The van der Waals surface area contributed by atoms with Crippen LogP contribution in [0.4, 0.5) is 0 Å². The first-order valence-corrected chi connectivity index (χ1v) is 11.0. The van der Waals surface area contributed by atoms with E-state index < -0.39 is 0 Å². The van der Waals surface area contributed by atoms with Crippen LogP contribution in [-0.2, 0) is 12.8 Å². The Kier molecular flexibility index (Phi) is 5.19. The van der Waals surface area contributed by atoms with Gasteiger partial charge in [-0.15, -0.1) is 0 Å². The number of nitrogens with zero attached hydrogens (tertiary/aromatic N) is 1. The van der Waals surface area contributed by atoms with Crippen molar-refractivity contribution in [2.75, 3.05) is 0 Å². The zero-order valence-electron chi connectivity index (χ0n) is 17.5. The van der Waals surface area contributed by atoms with Gasteiger partial charge in [-0.05, 0) is 60.9 Å². The summed E-state index contributed by atoms with van der Waals surface area (Å²) in [4.78, 5) is 5.26. The summed E-state index contributed by atoms with van der Waals surface area (Å²) >= 11 is 0. The quantitative estimate of drug-likeness (QED) is 0.355. The van der Waals surface area contributed by atoms with Crippen molar-refractivity contribution in [3.8, 4) is 22.4 Å². The summed E-state index contributed by atoms with van der Waals surface area (Å²) in [7, 11) is 0. The summed E-state index contributed by atoms with van der Waals surface area (Å²) in [6, 6.07) is 32.8. The van der Waals surface area contributed by atoms with Crippen molar-refractivity contribution in [3.63, 3.8) is 0 Å². The van der Waals surface area contributed by atoms with Gasteiger partial charge < -0.3 is 0 Å². The predicted molar refractivity (Wildman–Crippen MR) is 126 cm³/mol. The number of aromatic nitrogens is 1. The van der Waals surface area contributed by atoms with Gasteiger partial charge >= 0.3 is 0 Å². The maximum atomic E-state index is 5.26. The van der Waals surface area contributed by atoms with Gasteiger partial charge in [0.2, 0.25) is 0 Å². The molecule has 148 valence electrons. The molecule has 30 heavy (non-hydrogen) atoms. The highest BCUT2D eigenvalue weighted by Gasteiger charge is 2.26. The van der Waals surface area contributed by atoms with Crippen molar-refractivity contribution in [1.82, 2.24) is 4.98 Å². The lowest BCUT2D eigenvalue weighted by Gasteiger charge is -2.28. The number of aryl methyl sites for hydroxylation is 1. The van der Waals surface area contributed by atoms with E-state index in [4.69, 9.17) is 4.98 Å². The van der Waals surface area contributed by atoms with Crippen LogP contribution in [0.2, 0.25) is 0 Å². The molecule has 0 saturated carbocycles. The molecular weight excluding hydrogens is 362 g/mol. The molecule has 0 aliphatic heterocycles. The Bertz CT molecular complexity index is 1130. The number of benzene rings is 3. The van der Waals surface area contributed by atoms with Crippen molar-refractivity contribution < 1.29 is 0 Å². The Morgan fingerprint density at radius 2 is 1.50 bits per heavy atom. The summed E-state index contributed by atoms with van der Waals surface area (Å²) in [5.74, 6) is 0.476. The molecule has 1 heterocycles. The molecular formula is C29H27N. The third kappa shape index (κ3) is 3.80. The Balaban J connectivity index is 1.66. The third-order valence-electron chi connectivity index (χ3n) is 6.28. The van der Waals surface area contributed by atoms with Gasteiger partial charge in [-0.25, -0.2) is 0 Å². The van der Waals surface area contributed by atoms with E-state index in [1.807, 2.05) is 0 Å². The first-order valence-electron chi connectivity index (χ1n) is 11.0. The highest BCUT2D eigenvalue weighted by Crippen LogP contribution is 2.40. The summed E-state index contributed by atoms with van der Waals surface area (Å²) < 4.78 is 0. The van der Waals surface area contributed by atoms with Crippen LogP contribution in [0.25, 0.3) is 22.4 Å². The van der Waals surface area contributed by atoms with Gasteiger partial charge in [0.25, 0.3) is 0 Å². The molecule has 4 aromatic rings. The number of fused-ring (bicyclic) bond motifs is 1. The number of hydrogen-bond donors (Lipinski definition) is 0. The average molecular weight is 390 g/mol. The van der Waals surface area contributed by atoms with E-state index >= 15 is 0 Å². The van der Waals surface area contributed by atoms with Crippen LogP contribution in [-0.4, -0.2) is 4.98 Å². The van der Waals surface area contributed by atoms with E-state index in [0.29, 0.717) is 5.92 Å². The lowest BCUT2D eigenvalue weighted by molar-refractivity contribution is 0.536. The van der Waals surface area contributed by atoms with Crippen LogP contribution < -0.4 is 0 Å². The second kappa shape index (κ2) is 8.28. The smallest absolute Gasteiger partial charge is 0.0711 e. The predicted octanol–water partition coefficient (Wildman–Crippen LogP) is 7.39. The molecule has 0 N–H and O–H groups in total. The fourth-order valence-electron chi connectivity index (χ4n) is 4.70. The van der Waals surface area contributed by atoms with Crippen LogP contribution >= 0.6 is 0 Å². The standard InChI is InChI=1S/C29H27N/c1-21-15-17-23(18-16-21)27-20-28(24-11-6-3-7-12-24)30-29-25(13-8-14-26(27)29)19-22-9-4-2-5-10-22/h2-7,9-12,15-18,20,25H,8,13-14,19H2,1H3. The molecule has 0 spiro atoms. The minimum Gasteiger partial charge on any atom is -0.252 e. The zero-order chi connectivity index (χ0) is 20.3. The van der Waals surface area contributed by atoms with Crippen LogP contribution in [0.1, 0.15) is 41.1 Å². The van der Waals surface area contributed by atoms with Gasteiger partial charge in [0.05, 0.1) is 5.69 Å². The van der Waals surface area contributed by atoms with Gasteiger partial charge in [0.1, 0.15) is 0 Å². The van der Waals surface area contributed by atoms with Gasteiger partial charge in [0.15, 0.2) is 0 Å². The molecule has 1 unspecified atom stereocenters. The molecule has 0 fully saturated rings. The van der Waals surface area contributed by atoms with Crippen molar-refractivity contribution in [2.45, 2.75) is 38.5 Å². The van der Waals surface area contributed by atoms with Crippen LogP contribution in [0, 0.1) is 6.92 Å². The molecule has 1 aliphatic rings. The molecule has 5 rings (SSSR count). The van der Waals surface area contributed by atoms with Crippen molar-refractivity contribution >= 4 is 0 Å². The fourth-order valence-corrected chi connectivity index (χ4v) is 4.70. The number of rotatable bonds is 4. The van der Waals surface area contributed by atoms with Gasteiger partial charge in [-0.1, -0.05) is 90.5 Å². The SMILES string of the molecule is Cc1ccc(-c2cc(-c3ccccc3)nc3c2CCCC3Cc2ccccc2)cc1. The number of hydrogen-bond acceptors (Lipinski definition) is 1. The molecule has 0 saturated heterocycles. The van der Waals surface area contributed by atoms with Crippen molar-refractivity contribution in [1.29, 1.82) is 0 Å². The molecule has 1 nitrogen and oxygen atoms in total. The van der Waals surface area contributed by atoms with Crippen LogP contribution in [0.5, 0.6) is 0 Å². The molecule has 0 radical (unpaired) electrons. The fraction of sp³-hybridized carbons (Fsp3) is 0.207. The minimum atomic E-state index is 0.476. The topological polar surface area (TPSA) is 12.9 Å². The molecule has 0 amide bonds. The normalized spacial score (nSPS) is 15.6. The van der Waals surface area contributed by atoms with Crippen molar-refractivity contribution in [3.05, 3.63) is 113 Å². The molecule has 3 aromatic carbocycles. The van der Waals surface area contributed by atoms with Crippen molar-refractivity contribution in [2.24, 2.45) is 0 Å². The lowest BCUT2D eigenvalue weighted by Crippen LogP contribution is -2.16. The summed E-state index contributed by atoms with van der Waals surface area (Å²) in [5, 5.41) is 0. The Labute approximate surface area is 179 Å². The Morgan fingerprint density at radius 1 is 0.800 bits per heavy atom. The lowest BCUT2D eigenvalue weighted by atomic mass is 9.79. The summed E-state index contributed by atoms with van der Waals surface area (Å²) in [6.07, 6.45) is 4.62. The van der Waals surface area contributed by atoms with E-state index in [9.17, 15) is 0 Å². The molecule has 1 heteroatoms. The second-order valence-electron chi connectivity index (χ2n) is 8.43. The van der Waals surface area contributed by atoms with Crippen LogP contribution in [0.3, 0.4) is 0 Å². The van der Waals surface area contributed by atoms with E-state index in [2.05, 4.69) is 97.9 Å². The molecule has 0 bridgehead atoms. The van der Waals surface area contributed by atoms with Crippen LogP contribution in [0.15, 0.2) is 91.0 Å². The molecule has 1 aromatic heterocycles. The monoisotopic (exact) mass is 389 g/mol. The first-order chi connectivity index (χ1) is 14.8. The van der Waals surface area contributed by atoms with Gasteiger partial charge in [0, 0.05) is 17.2 Å². The number of pyridine rings is 1. The maximum absolute atomic E-state index is 5.26. The largest absolute Gasteiger partial charge is 0.252 e. The van der Waals surface area contributed by atoms with E-state index in [1.54, 1.807) is 0 Å². The summed E-state index contributed by atoms with van der Waals surface area (Å²) in [5.41, 5.74) is 10.4. The zero-order valence-corrected chi connectivity index (χ0v) is 17.5. The Hall–Kier alpha value is -3.19. The second-order valence-corrected chi connectivity index (χ2v) is 8.43. The molecule has 1 aliphatic carbocycles. The summed E-state index contributed by atoms with van der Waals surface area (Å²) in [6.45, 7) is 2.15. The highest BCUT2D eigenvalue weighted by atomic mass is 14.7. The van der Waals surface area contributed by atoms with E-state index in [-0.39, 0.29) is 0 Å².